The maximum Gasteiger partial charge on any atom is 0.351 e. The Morgan fingerprint density at radius 3 is 2.86 bits per heavy atom. The smallest absolute Gasteiger partial charge is 0.351 e. The first kappa shape index (κ1) is 10.5. The Morgan fingerprint density at radius 1 is 1.71 bits per heavy atom. The van der Waals surface area contributed by atoms with E-state index in [9.17, 15) is 18.9 Å². The minimum absolute atomic E-state index is 0.688. The van der Waals surface area contributed by atoms with Gasteiger partial charge in [0.1, 0.15) is 5.56 Å². The van der Waals surface area contributed by atoms with Gasteiger partial charge in [0.25, 0.3) is 5.92 Å². The summed E-state index contributed by atoms with van der Waals surface area (Å²) in [6.45, 7) is -0.755. The standard InChI is InChI=1S/C6H7F2N3O3/c7-6(8,1-2-12)4-3-9-10-5(4)11(13)14/h3,12H,1-2H2,(H,9,10). The van der Waals surface area contributed by atoms with Crippen LogP contribution in [0.2, 0.25) is 0 Å². The summed E-state index contributed by atoms with van der Waals surface area (Å²) in [6.07, 6.45) is -0.179. The molecule has 2 N–H and O–H groups in total. The molecule has 0 radical (unpaired) electrons. The maximum absolute atomic E-state index is 13.1. The lowest BCUT2D eigenvalue weighted by molar-refractivity contribution is -0.391. The molecular weight excluding hydrogens is 200 g/mol. The average Bonchev–Trinajstić information content (AvgIpc) is 2.51. The lowest BCUT2D eigenvalue weighted by Crippen LogP contribution is -2.16. The fourth-order valence-corrected chi connectivity index (χ4v) is 0.961. The molecule has 6 nitrogen and oxygen atoms in total. The van der Waals surface area contributed by atoms with Crippen molar-refractivity contribution in [2.75, 3.05) is 6.61 Å². The topological polar surface area (TPSA) is 92.0 Å². The summed E-state index contributed by atoms with van der Waals surface area (Å²) >= 11 is 0. The third-order valence-electron chi connectivity index (χ3n) is 1.62. The normalized spacial score (nSPS) is 11.6. The predicted molar refractivity (Wildman–Crippen MR) is 40.8 cm³/mol. The summed E-state index contributed by atoms with van der Waals surface area (Å²) in [6, 6.07) is 0. The second kappa shape index (κ2) is 3.66. The molecule has 78 valence electrons. The Kier molecular flexibility index (Phi) is 2.75. The second-order valence-corrected chi connectivity index (χ2v) is 2.57. The van der Waals surface area contributed by atoms with Crippen LogP contribution in [0, 0.1) is 10.1 Å². The molecule has 1 heterocycles. The molecule has 14 heavy (non-hydrogen) atoms. The quantitative estimate of drug-likeness (QED) is 0.564. The van der Waals surface area contributed by atoms with Crippen molar-refractivity contribution in [3.63, 3.8) is 0 Å². The molecule has 0 aliphatic carbocycles. The zero-order chi connectivity index (χ0) is 10.8. The first-order valence-electron chi connectivity index (χ1n) is 3.66. The molecule has 0 bridgehead atoms. The van der Waals surface area contributed by atoms with Gasteiger partial charge < -0.3 is 15.2 Å². The maximum atomic E-state index is 13.1. The lowest BCUT2D eigenvalue weighted by Gasteiger charge is -2.11. The Balaban J connectivity index is 3.05. The van der Waals surface area contributed by atoms with Gasteiger partial charge in [-0.25, -0.2) is 8.78 Å². The van der Waals surface area contributed by atoms with E-state index in [-0.39, 0.29) is 0 Å². The van der Waals surface area contributed by atoms with Gasteiger partial charge in [-0.15, -0.1) is 5.10 Å². The zero-order valence-electron chi connectivity index (χ0n) is 6.91. The van der Waals surface area contributed by atoms with Crippen molar-refractivity contribution in [2.24, 2.45) is 0 Å². The number of halogens is 2. The molecule has 0 atom stereocenters. The van der Waals surface area contributed by atoms with E-state index >= 15 is 0 Å². The number of alkyl halides is 2. The SMILES string of the molecule is O=[N+]([O-])c1[nH]ncc1C(F)(F)CCO. The molecule has 1 aromatic heterocycles. The molecule has 0 amide bonds. The van der Waals surface area contributed by atoms with Gasteiger partial charge in [0.05, 0.1) is 6.20 Å². The third-order valence-corrected chi connectivity index (χ3v) is 1.62. The van der Waals surface area contributed by atoms with Gasteiger partial charge in [0.15, 0.2) is 0 Å². The average molecular weight is 207 g/mol. The summed E-state index contributed by atoms with van der Waals surface area (Å²) < 4.78 is 26.2. The second-order valence-electron chi connectivity index (χ2n) is 2.57. The number of nitrogens with one attached hydrogen (secondary N) is 1. The van der Waals surface area contributed by atoms with Crippen LogP contribution in [0.25, 0.3) is 0 Å². The van der Waals surface area contributed by atoms with Crippen LogP contribution in [-0.4, -0.2) is 26.8 Å². The number of nitrogens with zero attached hydrogens (tertiary/aromatic N) is 2. The van der Waals surface area contributed by atoms with Crippen molar-refractivity contribution < 1.29 is 18.8 Å². The van der Waals surface area contributed by atoms with Crippen molar-refractivity contribution in [2.45, 2.75) is 12.3 Å². The van der Waals surface area contributed by atoms with Gasteiger partial charge in [-0.3, -0.25) is 0 Å². The number of aromatic amines is 1. The van der Waals surface area contributed by atoms with Crippen LogP contribution < -0.4 is 0 Å². The number of H-pyrrole nitrogens is 1. The molecule has 0 saturated heterocycles. The van der Waals surface area contributed by atoms with E-state index in [1.165, 1.54) is 0 Å². The summed E-state index contributed by atoms with van der Waals surface area (Å²) in [5.74, 6) is -4.28. The Hall–Kier alpha value is -1.57. The van der Waals surface area contributed by atoms with Gasteiger partial charge in [-0.2, -0.15) is 0 Å². The summed E-state index contributed by atoms with van der Waals surface area (Å²) in [5.41, 5.74) is -0.809. The molecule has 0 fully saturated rings. The van der Waals surface area contributed by atoms with E-state index < -0.39 is 35.3 Å². The van der Waals surface area contributed by atoms with Crippen molar-refractivity contribution in [1.82, 2.24) is 10.2 Å². The van der Waals surface area contributed by atoms with Crippen LogP contribution in [0.15, 0.2) is 6.20 Å². The molecule has 0 aliphatic rings. The van der Waals surface area contributed by atoms with Gasteiger partial charge >= 0.3 is 5.82 Å². The van der Waals surface area contributed by atoms with E-state index in [0.717, 1.165) is 0 Å². The van der Waals surface area contributed by atoms with E-state index in [1.54, 1.807) is 0 Å². The molecular formula is C6H7F2N3O3. The molecule has 8 heteroatoms. The molecule has 0 aliphatic heterocycles. The van der Waals surface area contributed by atoms with E-state index in [4.69, 9.17) is 5.11 Å². The van der Waals surface area contributed by atoms with Crippen LogP contribution >= 0.6 is 0 Å². The highest BCUT2D eigenvalue weighted by molar-refractivity contribution is 5.33. The van der Waals surface area contributed by atoms with E-state index in [0.29, 0.717) is 6.20 Å². The monoisotopic (exact) mass is 207 g/mol. The number of rotatable bonds is 4. The van der Waals surface area contributed by atoms with E-state index in [2.05, 4.69) is 5.10 Å². The van der Waals surface area contributed by atoms with Crippen molar-refractivity contribution >= 4 is 5.82 Å². The zero-order valence-corrected chi connectivity index (χ0v) is 6.91. The summed E-state index contributed by atoms with van der Waals surface area (Å²) in [7, 11) is 0. The minimum atomic E-state index is -3.44. The number of aliphatic hydroxyl groups excluding tert-OH is 1. The number of aromatic nitrogens is 2. The summed E-state index contributed by atoms with van der Waals surface area (Å²) in [4.78, 5) is 9.29. The van der Waals surface area contributed by atoms with Gasteiger partial charge in [0.2, 0.25) is 0 Å². The Bertz CT molecular complexity index is 339. The van der Waals surface area contributed by atoms with Crippen molar-refractivity contribution in [3.05, 3.63) is 21.9 Å². The predicted octanol–water partition coefficient (Wildman–Crippen LogP) is 0.792. The highest BCUT2D eigenvalue weighted by Crippen LogP contribution is 2.35. The summed E-state index contributed by atoms with van der Waals surface area (Å²) in [5, 5.41) is 23.6. The lowest BCUT2D eigenvalue weighted by atomic mass is 10.1. The van der Waals surface area contributed by atoms with Crippen LogP contribution in [0.1, 0.15) is 12.0 Å². The minimum Gasteiger partial charge on any atom is -0.396 e. The largest absolute Gasteiger partial charge is 0.396 e. The Labute approximate surface area is 76.7 Å². The van der Waals surface area contributed by atoms with Gasteiger partial charge in [0, 0.05) is 13.0 Å². The van der Waals surface area contributed by atoms with Gasteiger partial charge in [-0.1, -0.05) is 5.10 Å². The van der Waals surface area contributed by atoms with E-state index in [1.807, 2.05) is 5.10 Å². The Morgan fingerprint density at radius 2 is 2.36 bits per heavy atom. The third kappa shape index (κ3) is 1.84. The first-order valence-corrected chi connectivity index (χ1v) is 3.66. The molecule has 0 aromatic carbocycles. The van der Waals surface area contributed by atoms with Gasteiger partial charge in [-0.05, 0) is 4.92 Å². The number of hydrogen-bond donors (Lipinski definition) is 2. The molecule has 0 spiro atoms. The number of nitro groups is 1. The van der Waals surface area contributed by atoms with Crippen LogP contribution in [-0.2, 0) is 5.92 Å². The van der Waals surface area contributed by atoms with Crippen molar-refractivity contribution in [3.8, 4) is 0 Å². The number of aliphatic hydroxyl groups is 1. The van der Waals surface area contributed by atoms with Crippen LogP contribution in [0.5, 0.6) is 0 Å². The van der Waals surface area contributed by atoms with Crippen LogP contribution in [0.4, 0.5) is 14.6 Å². The van der Waals surface area contributed by atoms with Crippen molar-refractivity contribution in [1.29, 1.82) is 0 Å². The first-order chi connectivity index (χ1) is 6.49. The fraction of sp³-hybridized carbons (Fsp3) is 0.500. The molecule has 0 saturated carbocycles. The molecule has 1 rings (SSSR count). The fourth-order valence-electron chi connectivity index (χ4n) is 0.961. The molecule has 1 aromatic rings. The van der Waals surface area contributed by atoms with Crippen LogP contribution in [0.3, 0.4) is 0 Å². The molecule has 0 unspecified atom stereocenters. The highest BCUT2D eigenvalue weighted by Gasteiger charge is 2.39. The number of hydrogen-bond acceptors (Lipinski definition) is 4. The highest BCUT2D eigenvalue weighted by atomic mass is 19.3.